The Morgan fingerprint density at radius 3 is 2.45 bits per heavy atom. The summed E-state index contributed by atoms with van der Waals surface area (Å²) < 4.78 is 0. The molecule has 2 nitrogen and oxygen atoms in total. The molecule has 20 heavy (non-hydrogen) atoms. The Balaban J connectivity index is 2.14. The predicted molar refractivity (Wildman–Crippen MR) is 86.0 cm³/mol. The summed E-state index contributed by atoms with van der Waals surface area (Å²) in [5.74, 6) is 1.89. The van der Waals surface area contributed by atoms with Crippen molar-refractivity contribution in [2.75, 3.05) is 5.75 Å². The first kappa shape index (κ1) is 13.1. The van der Waals surface area contributed by atoms with E-state index in [2.05, 4.69) is 36.2 Å². The molecule has 0 N–H and O–H groups in total. The molecule has 0 unspecified atom stereocenters. The van der Waals surface area contributed by atoms with E-state index in [1.54, 1.807) is 0 Å². The molecule has 0 bridgehead atoms. The lowest BCUT2D eigenvalue weighted by Crippen LogP contribution is -1.94. The number of fused-ring (bicyclic) bond motifs is 1. The van der Waals surface area contributed by atoms with Gasteiger partial charge in [-0.3, -0.25) is 0 Å². The first-order valence-electron chi connectivity index (χ1n) is 6.83. The molecule has 0 aliphatic heterocycles. The van der Waals surface area contributed by atoms with Crippen LogP contribution in [0.3, 0.4) is 0 Å². The molecule has 0 aliphatic rings. The molecule has 0 saturated heterocycles. The van der Waals surface area contributed by atoms with Crippen LogP contribution in [0.2, 0.25) is 0 Å². The molecule has 2 aromatic carbocycles. The van der Waals surface area contributed by atoms with Gasteiger partial charge >= 0.3 is 0 Å². The Morgan fingerprint density at radius 2 is 1.65 bits per heavy atom. The molecule has 0 atom stereocenters. The van der Waals surface area contributed by atoms with E-state index in [1.807, 2.05) is 42.1 Å². The lowest BCUT2D eigenvalue weighted by Gasteiger charge is -2.08. The second kappa shape index (κ2) is 6.06. The average molecular weight is 280 g/mol. The summed E-state index contributed by atoms with van der Waals surface area (Å²) in [5.41, 5.74) is 2.08. The molecule has 3 heteroatoms. The number of aromatic nitrogens is 2. The Labute approximate surface area is 123 Å². The van der Waals surface area contributed by atoms with Gasteiger partial charge in [0.2, 0.25) is 0 Å². The number of hydrogen-bond donors (Lipinski definition) is 0. The first-order chi connectivity index (χ1) is 9.88. The van der Waals surface area contributed by atoms with Crippen LogP contribution < -0.4 is 0 Å². The summed E-state index contributed by atoms with van der Waals surface area (Å²) in [6, 6.07) is 18.4. The molecule has 0 radical (unpaired) electrons. The van der Waals surface area contributed by atoms with Crippen molar-refractivity contribution in [3.63, 3.8) is 0 Å². The van der Waals surface area contributed by atoms with Crippen molar-refractivity contribution in [2.24, 2.45) is 0 Å². The zero-order chi connectivity index (χ0) is 13.8. The van der Waals surface area contributed by atoms with E-state index < -0.39 is 0 Å². The zero-order valence-corrected chi connectivity index (χ0v) is 12.2. The maximum atomic E-state index is 4.76. The minimum Gasteiger partial charge on any atom is -0.228 e. The molecule has 3 aromatic rings. The molecule has 1 aromatic heterocycles. The van der Waals surface area contributed by atoms with Gasteiger partial charge in [-0.25, -0.2) is 9.97 Å². The van der Waals surface area contributed by atoms with Gasteiger partial charge in [-0.05, 0) is 18.2 Å². The van der Waals surface area contributed by atoms with Crippen LogP contribution in [0.1, 0.15) is 13.3 Å². The fourth-order valence-electron chi connectivity index (χ4n) is 2.07. The monoisotopic (exact) mass is 280 g/mol. The highest BCUT2D eigenvalue weighted by Gasteiger charge is 2.08. The third kappa shape index (κ3) is 2.68. The maximum absolute atomic E-state index is 4.76. The molecular formula is C17H16N2S. The quantitative estimate of drug-likeness (QED) is 0.507. The average Bonchev–Trinajstić information content (AvgIpc) is 2.53. The van der Waals surface area contributed by atoms with E-state index >= 15 is 0 Å². The number of para-hydroxylation sites is 1. The second-order valence-corrected chi connectivity index (χ2v) is 5.67. The normalized spacial score (nSPS) is 10.8. The lowest BCUT2D eigenvalue weighted by atomic mass is 10.2. The SMILES string of the molecule is CCCSc1nc(-c2ccccc2)nc2ccccc12. The van der Waals surface area contributed by atoms with Crippen molar-refractivity contribution >= 4 is 22.7 Å². The molecule has 0 saturated carbocycles. The third-order valence-corrected chi connectivity index (χ3v) is 4.24. The van der Waals surface area contributed by atoms with Gasteiger partial charge < -0.3 is 0 Å². The van der Waals surface area contributed by atoms with E-state index in [0.29, 0.717) is 0 Å². The Bertz CT molecular complexity index is 711. The summed E-state index contributed by atoms with van der Waals surface area (Å²) in [4.78, 5) is 9.45. The van der Waals surface area contributed by atoms with Crippen molar-refractivity contribution in [3.05, 3.63) is 54.6 Å². The van der Waals surface area contributed by atoms with Crippen molar-refractivity contribution in [2.45, 2.75) is 18.4 Å². The van der Waals surface area contributed by atoms with Gasteiger partial charge in [0, 0.05) is 10.9 Å². The highest BCUT2D eigenvalue weighted by atomic mass is 32.2. The summed E-state index contributed by atoms with van der Waals surface area (Å²) in [5, 5.41) is 2.22. The van der Waals surface area contributed by atoms with Crippen molar-refractivity contribution in [1.29, 1.82) is 0 Å². The van der Waals surface area contributed by atoms with Gasteiger partial charge in [-0.2, -0.15) is 0 Å². The number of rotatable bonds is 4. The number of hydrogen-bond acceptors (Lipinski definition) is 3. The lowest BCUT2D eigenvalue weighted by molar-refractivity contribution is 1.08. The van der Waals surface area contributed by atoms with Gasteiger partial charge in [-0.15, -0.1) is 11.8 Å². The summed E-state index contributed by atoms with van der Waals surface area (Å²) >= 11 is 1.81. The van der Waals surface area contributed by atoms with Crippen molar-refractivity contribution < 1.29 is 0 Å². The molecule has 3 rings (SSSR count). The number of nitrogens with zero attached hydrogens (tertiary/aromatic N) is 2. The standard InChI is InChI=1S/C17H16N2S/c1-2-12-20-17-14-10-6-7-11-15(14)18-16(19-17)13-8-4-3-5-9-13/h3-11H,2,12H2,1H3. The molecule has 0 fully saturated rings. The van der Waals surface area contributed by atoms with E-state index in [0.717, 1.165) is 39.5 Å². The van der Waals surface area contributed by atoms with E-state index in [4.69, 9.17) is 4.98 Å². The van der Waals surface area contributed by atoms with Crippen LogP contribution in [-0.2, 0) is 0 Å². The molecule has 0 amide bonds. The van der Waals surface area contributed by atoms with Gasteiger partial charge in [0.15, 0.2) is 5.82 Å². The fourth-order valence-corrected chi connectivity index (χ4v) is 2.95. The van der Waals surface area contributed by atoms with Crippen molar-refractivity contribution in [1.82, 2.24) is 9.97 Å². The third-order valence-electron chi connectivity index (χ3n) is 3.04. The highest BCUT2D eigenvalue weighted by Crippen LogP contribution is 2.28. The molecule has 0 aliphatic carbocycles. The van der Waals surface area contributed by atoms with Crippen LogP contribution in [0, 0.1) is 0 Å². The largest absolute Gasteiger partial charge is 0.228 e. The van der Waals surface area contributed by atoms with Gasteiger partial charge in [-0.1, -0.05) is 55.5 Å². The maximum Gasteiger partial charge on any atom is 0.161 e. The van der Waals surface area contributed by atoms with Gasteiger partial charge in [0.1, 0.15) is 5.03 Å². The highest BCUT2D eigenvalue weighted by molar-refractivity contribution is 7.99. The van der Waals surface area contributed by atoms with Gasteiger partial charge in [0.25, 0.3) is 0 Å². The van der Waals surface area contributed by atoms with Crippen LogP contribution >= 0.6 is 11.8 Å². The first-order valence-corrected chi connectivity index (χ1v) is 7.82. The zero-order valence-electron chi connectivity index (χ0n) is 11.4. The van der Waals surface area contributed by atoms with Crippen LogP contribution in [-0.4, -0.2) is 15.7 Å². The van der Waals surface area contributed by atoms with E-state index in [9.17, 15) is 0 Å². The summed E-state index contributed by atoms with van der Waals surface area (Å²) in [6.07, 6.45) is 1.14. The molecule has 1 heterocycles. The van der Waals surface area contributed by atoms with Crippen LogP contribution in [0.4, 0.5) is 0 Å². The number of thioether (sulfide) groups is 1. The van der Waals surface area contributed by atoms with Crippen LogP contribution in [0.5, 0.6) is 0 Å². The Morgan fingerprint density at radius 1 is 0.900 bits per heavy atom. The second-order valence-electron chi connectivity index (χ2n) is 4.58. The molecule has 100 valence electrons. The van der Waals surface area contributed by atoms with E-state index in [1.165, 1.54) is 0 Å². The number of benzene rings is 2. The molecule has 0 spiro atoms. The Kier molecular flexibility index (Phi) is 3.97. The van der Waals surface area contributed by atoms with Crippen molar-refractivity contribution in [3.8, 4) is 11.4 Å². The predicted octanol–water partition coefficient (Wildman–Crippen LogP) is 4.80. The molecular weight excluding hydrogens is 264 g/mol. The smallest absolute Gasteiger partial charge is 0.161 e. The van der Waals surface area contributed by atoms with Crippen LogP contribution in [0.25, 0.3) is 22.3 Å². The summed E-state index contributed by atoms with van der Waals surface area (Å²) in [7, 11) is 0. The van der Waals surface area contributed by atoms with E-state index in [-0.39, 0.29) is 0 Å². The van der Waals surface area contributed by atoms with Crippen LogP contribution in [0.15, 0.2) is 59.6 Å². The summed E-state index contributed by atoms with van der Waals surface area (Å²) in [6.45, 7) is 2.19. The Hall–Kier alpha value is -1.87. The minimum absolute atomic E-state index is 0.808. The van der Waals surface area contributed by atoms with Gasteiger partial charge in [0.05, 0.1) is 5.52 Å². The topological polar surface area (TPSA) is 25.8 Å². The fraction of sp³-hybridized carbons (Fsp3) is 0.176. The minimum atomic E-state index is 0.808.